The van der Waals surface area contributed by atoms with Gasteiger partial charge in [0.1, 0.15) is 5.25 Å². The molecular formula is C12H19NO5S. The van der Waals surface area contributed by atoms with E-state index < -0.39 is 38.9 Å². The summed E-state index contributed by atoms with van der Waals surface area (Å²) in [6.07, 6.45) is 3.62. The number of carbonyl (C=O) groups is 2. The average Bonchev–Trinajstić information content (AvgIpc) is 2.86. The van der Waals surface area contributed by atoms with Gasteiger partial charge in [-0.25, -0.2) is 8.42 Å². The Morgan fingerprint density at radius 1 is 1.26 bits per heavy atom. The van der Waals surface area contributed by atoms with Gasteiger partial charge < -0.3 is 10.4 Å². The third-order valence-electron chi connectivity index (χ3n) is 4.52. The summed E-state index contributed by atoms with van der Waals surface area (Å²) in [7, 11) is -3.45. The lowest BCUT2D eigenvalue weighted by Gasteiger charge is -2.29. The van der Waals surface area contributed by atoms with E-state index in [4.69, 9.17) is 0 Å². The number of hydrogen-bond donors (Lipinski definition) is 2. The molecule has 7 heteroatoms. The first kappa shape index (κ1) is 14.3. The lowest BCUT2D eigenvalue weighted by molar-refractivity contribution is -0.144. The molecule has 0 aromatic heterocycles. The standard InChI is InChI=1S/C12H19NO5S/c1-6(19(2,17)18)11(14)13-10-8-4-3-7(5-8)9(10)12(15)16/h6-10H,3-5H2,1-2H3,(H,13,14)(H,15,16). The number of amides is 1. The summed E-state index contributed by atoms with van der Waals surface area (Å²) in [5.74, 6) is -1.78. The van der Waals surface area contributed by atoms with E-state index in [0.29, 0.717) is 0 Å². The average molecular weight is 289 g/mol. The predicted molar refractivity (Wildman–Crippen MR) is 68.2 cm³/mol. The Morgan fingerprint density at radius 2 is 1.84 bits per heavy atom. The number of carboxylic acids is 1. The number of aliphatic carboxylic acids is 1. The maximum absolute atomic E-state index is 11.9. The van der Waals surface area contributed by atoms with E-state index in [-0.39, 0.29) is 11.8 Å². The van der Waals surface area contributed by atoms with Crippen molar-refractivity contribution in [3.05, 3.63) is 0 Å². The zero-order valence-corrected chi connectivity index (χ0v) is 11.8. The first-order chi connectivity index (χ1) is 8.71. The highest BCUT2D eigenvalue weighted by Gasteiger charge is 2.51. The molecule has 5 unspecified atom stereocenters. The summed E-state index contributed by atoms with van der Waals surface area (Å²) in [4.78, 5) is 23.2. The molecule has 0 aliphatic heterocycles. The second-order valence-electron chi connectivity index (χ2n) is 5.70. The van der Waals surface area contributed by atoms with E-state index in [1.807, 2.05) is 0 Å². The zero-order valence-electron chi connectivity index (χ0n) is 11.0. The van der Waals surface area contributed by atoms with Gasteiger partial charge >= 0.3 is 5.97 Å². The molecule has 2 rings (SSSR count). The molecule has 2 N–H and O–H groups in total. The van der Waals surface area contributed by atoms with Gasteiger partial charge in [0.25, 0.3) is 0 Å². The molecule has 2 fully saturated rings. The Balaban J connectivity index is 2.10. The number of carboxylic acid groups (broad SMARTS) is 1. The summed E-state index contributed by atoms with van der Waals surface area (Å²) in [6, 6.07) is -0.423. The van der Waals surface area contributed by atoms with Crippen molar-refractivity contribution >= 4 is 21.7 Å². The summed E-state index contributed by atoms with van der Waals surface area (Å²) >= 11 is 0. The van der Waals surface area contributed by atoms with Gasteiger partial charge in [-0.05, 0) is 38.0 Å². The van der Waals surface area contributed by atoms with Crippen LogP contribution in [0, 0.1) is 17.8 Å². The number of fused-ring (bicyclic) bond motifs is 2. The quantitative estimate of drug-likeness (QED) is 0.760. The summed E-state index contributed by atoms with van der Waals surface area (Å²) in [5, 5.41) is 10.8. The Labute approximate surface area is 112 Å². The molecule has 0 aromatic carbocycles. The molecule has 0 radical (unpaired) electrons. The van der Waals surface area contributed by atoms with Crippen LogP contribution in [0.3, 0.4) is 0 Å². The van der Waals surface area contributed by atoms with E-state index in [9.17, 15) is 23.1 Å². The number of carbonyl (C=O) groups excluding carboxylic acids is 1. The number of nitrogens with one attached hydrogen (secondary N) is 1. The van der Waals surface area contributed by atoms with Crippen molar-refractivity contribution in [1.29, 1.82) is 0 Å². The van der Waals surface area contributed by atoms with Crippen molar-refractivity contribution in [2.75, 3.05) is 6.26 Å². The van der Waals surface area contributed by atoms with Gasteiger partial charge in [0, 0.05) is 12.3 Å². The largest absolute Gasteiger partial charge is 0.481 e. The minimum Gasteiger partial charge on any atom is -0.481 e. The fourth-order valence-corrected chi connectivity index (χ4v) is 3.79. The van der Waals surface area contributed by atoms with Gasteiger partial charge in [0.2, 0.25) is 5.91 Å². The molecule has 2 aliphatic carbocycles. The van der Waals surface area contributed by atoms with Gasteiger partial charge in [0.05, 0.1) is 5.92 Å². The summed E-state index contributed by atoms with van der Waals surface area (Å²) < 4.78 is 22.7. The number of hydrogen-bond acceptors (Lipinski definition) is 4. The van der Waals surface area contributed by atoms with Crippen molar-refractivity contribution < 1.29 is 23.1 Å². The van der Waals surface area contributed by atoms with E-state index in [0.717, 1.165) is 25.5 Å². The van der Waals surface area contributed by atoms with Crippen LogP contribution in [0.2, 0.25) is 0 Å². The highest BCUT2D eigenvalue weighted by atomic mass is 32.2. The van der Waals surface area contributed by atoms with Crippen molar-refractivity contribution in [3.8, 4) is 0 Å². The van der Waals surface area contributed by atoms with Crippen LogP contribution in [-0.4, -0.2) is 42.9 Å². The highest BCUT2D eigenvalue weighted by Crippen LogP contribution is 2.48. The molecule has 5 atom stereocenters. The number of rotatable bonds is 4. The van der Waals surface area contributed by atoms with Crippen molar-refractivity contribution in [3.63, 3.8) is 0 Å². The molecule has 0 spiro atoms. The molecular weight excluding hydrogens is 270 g/mol. The molecule has 0 saturated heterocycles. The normalized spacial score (nSPS) is 35.1. The molecule has 108 valence electrons. The monoisotopic (exact) mass is 289 g/mol. The number of sulfone groups is 1. The van der Waals surface area contributed by atoms with Crippen LogP contribution in [0.1, 0.15) is 26.2 Å². The van der Waals surface area contributed by atoms with Crippen LogP contribution < -0.4 is 5.32 Å². The highest BCUT2D eigenvalue weighted by molar-refractivity contribution is 7.92. The second-order valence-corrected chi connectivity index (χ2v) is 8.07. The lowest BCUT2D eigenvalue weighted by Crippen LogP contribution is -2.50. The van der Waals surface area contributed by atoms with Crippen LogP contribution in [0.5, 0.6) is 0 Å². The van der Waals surface area contributed by atoms with Crippen molar-refractivity contribution in [2.24, 2.45) is 17.8 Å². The Kier molecular flexibility index (Phi) is 3.59. The fourth-order valence-electron chi connectivity index (χ4n) is 3.33. The maximum Gasteiger partial charge on any atom is 0.308 e. The third kappa shape index (κ3) is 2.61. The van der Waals surface area contributed by atoms with Crippen LogP contribution in [0.25, 0.3) is 0 Å². The Hall–Kier alpha value is -1.11. The molecule has 0 aromatic rings. The second kappa shape index (κ2) is 4.77. The van der Waals surface area contributed by atoms with E-state index in [2.05, 4.69) is 5.32 Å². The maximum atomic E-state index is 11.9. The van der Waals surface area contributed by atoms with Gasteiger partial charge in [-0.15, -0.1) is 0 Å². The van der Waals surface area contributed by atoms with E-state index in [1.54, 1.807) is 0 Å². The van der Waals surface area contributed by atoms with Crippen LogP contribution >= 0.6 is 0 Å². The lowest BCUT2D eigenvalue weighted by atomic mass is 9.84. The summed E-state index contributed by atoms with van der Waals surface area (Å²) in [5.41, 5.74) is 0. The fraction of sp³-hybridized carbons (Fsp3) is 0.833. The molecule has 6 nitrogen and oxygen atoms in total. The van der Waals surface area contributed by atoms with Gasteiger partial charge in [0.15, 0.2) is 9.84 Å². The molecule has 19 heavy (non-hydrogen) atoms. The third-order valence-corrected chi connectivity index (χ3v) is 6.02. The molecule has 2 aliphatic rings. The zero-order chi connectivity index (χ0) is 14.4. The van der Waals surface area contributed by atoms with Crippen LogP contribution in [-0.2, 0) is 19.4 Å². The van der Waals surface area contributed by atoms with Gasteiger partial charge in [-0.3, -0.25) is 9.59 Å². The molecule has 2 saturated carbocycles. The Bertz CT molecular complexity index is 500. The SMILES string of the molecule is CC(C(=O)NC1C2CCC(C2)C1C(=O)O)S(C)(=O)=O. The molecule has 0 heterocycles. The topological polar surface area (TPSA) is 101 Å². The minimum atomic E-state index is -3.45. The predicted octanol–water partition coefficient (Wildman–Crippen LogP) is 0.0350. The van der Waals surface area contributed by atoms with Gasteiger partial charge in [-0.1, -0.05) is 0 Å². The van der Waals surface area contributed by atoms with Gasteiger partial charge in [-0.2, -0.15) is 0 Å². The first-order valence-electron chi connectivity index (χ1n) is 6.44. The van der Waals surface area contributed by atoms with E-state index >= 15 is 0 Å². The smallest absolute Gasteiger partial charge is 0.308 e. The van der Waals surface area contributed by atoms with Crippen molar-refractivity contribution in [2.45, 2.75) is 37.5 Å². The van der Waals surface area contributed by atoms with E-state index in [1.165, 1.54) is 6.92 Å². The van der Waals surface area contributed by atoms with Crippen molar-refractivity contribution in [1.82, 2.24) is 5.32 Å². The molecule has 1 amide bonds. The van der Waals surface area contributed by atoms with Crippen LogP contribution in [0.4, 0.5) is 0 Å². The molecule has 2 bridgehead atoms. The summed E-state index contributed by atoms with van der Waals surface area (Å²) in [6.45, 7) is 1.33. The first-order valence-corrected chi connectivity index (χ1v) is 8.39. The minimum absolute atomic E-state index is 0.112. The van der Waals surface area contributed by atoms with Crippen LogP contribution in [0.15, 0.2) is 0 Å². The Morgan fingerprint density at radius 3 is 2.37 bits per heavy atom.